The van der Waals surface area contributed by atoms with E-state index in [0.717, 1.165) is 6.08 Å². The smallest absolute Gasteiger partial charge is 0.266 e. The highest BCUT2D eigenvalue weighted by Crippen LogP contribution is 1.52. The molecule has 0 N–H and O–H groups in total. The van der Waals surface area contributed by atoms with Crippen molar-refractivity contribution in [2.45, 2.75) is 0 Å². The topological polar surface area (TPSA) is 39.4 Å². The number of carbonyl (C=O) groups is 1. The summed E-state index contributed by atoms with van der Waals surface area (Å²) in [5, 5.41) is 0. The summed E-state index contributed by atoms with van der Waals surface area (Å²) in [5.41, 5.74) is 7.60. The average Bonchev–Trinajstić information content (AvgIpc) is 1.38. The fourth-order valence-electron chi connectivity index (χ4n) is 0. The zero-order valence-electron chi connectivity index (χ0n) is 3.14. The summed E-state index contributed by atoms with van der Waals surface area (Å²) < 4.78 is 0. The van der Waals surface area contributed by atoms with Gasteiger partial charge in [0.15, 0.2) is 0 Å². The van der Waals surface area contributed by atoms with Gasteiger partial charge in [0, 0.05) is 11.0 Å². The van der Waals surface area contributed by atoms with Crippen LogP contribution >= 0.6 is 0 Å². The normalized spacial score (nSPS) is 5.33. The molecule has 3 heteroatoms. The van der Waals surface area contributed by atoms with Crippen molar-refractivity contribution < 1.29 is 4.79 Å². The molecule has 0 saturated carbocycles. The summed E-state index contributed by atoms with van der Waals surface area (Å²) in [5.74, 6) is -0.981. The molecule has 6 heavy (non-hydrogen) atoms. The SMILES string of the molecule is C=CC([N])=O.[Si]. The highest BCUT2D eigenvalue weighted by atomic mass is 28.1. The maximum absolute atomic E-state index is 9.25. The van der Waals surface area contributed by atoms with Crippen molar-refractivity contribution in [3.63, 3.8) is 0 Å². The van der Waals surface area contributed by atoms with Gasteiger partial charge in [-0.2, -0.15) is 0 Å². The van der Waals surface area contributed by atoms with Gasteiger partial charge in [-0.15, -0.1) is 5.73 Å². The van der Waals surface area contributed by atoms with Crippen LogP contribution in [-0.4, -0.2) is 16.9 Å². The summed E-state index contributed by atoms with van der Waals surface area (Å²) in [4.78, 5) is 9.25. The lowest BCUT2D eigenvalue weighted by Crippen LogP contribution is -1.86. The first kappa shape index (κ1) is 9.06. The summed E-state index contributed by atoms with van der Waals surface area (Å²) in [6.45, 7) is 2.96. The molecule has 30 valence electrons. The van der Waals surface area contributed by atoms with Crippen LogP contribution in [0.15, 0.2) is 12.7 Å². The van der Waals surface area contributed by atoms with Gasteiger partial charge in [0.1, 0.15) is 0 Å². The summed E-state index contributed by atoms with van der Waals surface area (Å²) in [6, 6.07) is 0. The van der Waals surface area contributed by atoms with Gasteiger partial charge in [0.2, 0.25) is 0 Å². The van der Waals surface area contributed by atoms with Gasteiger partial charge < -0.3 is 0 Å². The zero-order chi connectivity index (χ0) is 4.28. The first-order chi connectivity index (χ1) is 2.27. The Morgan fingerprint density at radius 2 is 2.00 bits per heavy atom. The van der Waals surface area contributed by atoms with Crippen LogP contribution in [0.2, 0.25) is 0 Å². The molecule has 0 rings (SSSR count). The van der Waals surface area contributed by atoms with Gasteiger partial charge in [-0.1, -0.05) is 6.58 Å². The van der Waals surface area contributed by atoms with Crippen molar-refractivity contribution in [2.75, 3.05) is 0 Å². The van der Waals surface area contributed by atoms with Crippen LogP contribution in [0.25, 0.3) is 0 Å². The number of carbonyl (C=O) groups excluding carboxylic acids is 1. The van der Waals surface area contributed by atoms with E-state index < -0.39 is 5.91 Å². The predicted molar refractivity (Wildman–Crippen MR) is 23.1 cm³/mol. The molecule has 0 aliphatic heterocycles. The van der Waals surface area contributed by atoms with Crippen LogP contribution in [0.5, 0.6) is 0 Å². The molecule has 0 spiro atoms. The third kappa shape index (κ3) is 9.91. The van der Waals surface area contributed by atoms with Crippen molar-refractivity contribution in [3.05, 3.63) is 12.7 Å². The Hall–Kier alpha value is -0.573. The zero-order valence-corrected chi connectivity index (χ0v) is 4.14. The van der Waals surface area contributed by atoms with E-state index in [1.165, 1.54) is 0 Å². The highest BCUT2D eigenvalue weighted by Gasteiger charge is 1.75. The van der Waals surface area contributed by atoms with Crippen LogP contribution in [0.3, 0.4) is 0 Å². The van der Waals surface area contributed by atoms with Gasteiger partial charge >= 0.3 is 0 Å². The lowest BCUT2D eigenvalue weighted by atomic mass is 10.6. The van der Waals surface area contributed by atoms with E-state index in [1.54, 1.807) is 0 Å². The molecule has 0 atom stereocenters. The number of hydrogen-bond acceptors (Lipinski definition) is 1. The molecule has 6 radical (unpaired) electrons. The third-order valence-corrected chi connectivity index (χ3v) is 0.175. The van der Waals surface area contributed by atoms with Crippen molar-refractivity contribution in [1.82, 2.24) is 5.73 Å². The minimum atomic E-state index is -0.981. The van der Waals surface area contributed by atoms with Gasteiger partial charge in [0.05, 0.1) is 0 Å². The van der Waals surface area contributed by atoms with Crippen molar-refractivity contribution in [1.29, 1.82) is 0 Å². The number of amides is 1. The van der Waals surface area contributed by atoms with E-state index in [1.807, 2.05) is 0 Å². The fourth-order valence-corrected chi connectivity index (χ4v) is 0. The Kier molecular flexibility index (Phi) is 6.68. The number of hydrogen-bond donors (Lipinski definition) is 0. The Morgan fingerprint density at radius 3 is 2.00 bits per heavy atom. The van der Waals surface area contributed by atoms with Gasteiger partial charge in [-0.05, 0) is 6.08 Å². The average molecular weight is 97.1 g/mol. The first-order valence-electron chi connectivity index (χ1n) is 1.12. The summed E-state index contributed by atoms with van der Waals surface area (Å²) in [6.07, 6.45) is 0.833. The molecule has 0 fully saturated rings. The molecule has 0 unspecified atom stereocenters. The first-order valence-corrected chi connectivity index (χ1v) is 1.12. The molecule has 0 saturated heterocycles. The van der Waals surface area contributed by atoms with Crippen molar-refractivity contribution >= 4 is 16.9 Å². The Bertz CT molecular complexity index is 61.8. The molecule has 2 nitrogen and oxygen atoms in total. The Morgan fingerprint density at radius 1 is 1.83 bits per heavy atom. The van der Waals surface area contributed by atoms with Crippen LogP contribution in [0.4, 0.5) is 0 Å². The Labute approximate surface area is 41.1 Å². The van der Waals surface area contributed by atoms with Crippen molar-refractivity contribution in [2.24, 2.45) is 0 Å². The maximum Gasteiger partial charge on any atom is 0.287 e. The third-order valence-electron chi connectivity index (χ3n) is 0.175. The molecule has 0 aromatic heterocycles. The fraction of sp³-hybridized carbons (Fsp3) is 0. The largest absolute Gasteiger partial charge is 0.287 e. The standard InChI is InChI=1S/C3H3NO.Si/c1-2-3(4)5;/h2H,1H2;. The second kappa shape index (κ2) is 4.43. The van der Waals surface area contributed by atoms with Gasteiger partial charge in [-0.3, -0.25) is 4.79 Å². The monoisotopic (exact) mass is 97.0 g/mol. The number of nitrogens with zero attached hydrogens (tertiary/aromatic N) is 1. The quantitative estimate of drug-likeness (QED) is 0.317. The van der Waals surface area contributed by atoms with E-state index in [4.69, 9.17) is 5.73 Å². The second-order valence-electron chi connectivity index (χ2n) is 0.542. The lowest BCUT2D eigenvalue weighted by Gasteiger charge is -1.58. The highest BCUT2D eigenvalue weighted by molar-refractivity contribution is 5.84. The van der Waals surface area contributed by atoms with E-state index in [2.05, 4.69) is 6.58 Å². The molecule has 0 bridgehead atoms. The number of rotatable bonds is 1. The molecule has 0 aromatic rings. The van der Waals surface area contributed by atoms with E-state index in [9.17, 15) is 4.79 Å². The van der Waals surface area contributed by atoms with Gasteiger partial charge in [0.25, 0.3) is 5.91 Å². The van der Waals surface area contributed by atoms with Crippen LogP contribution in [0.1, 0.15) is 0 Å². The summed E-state index contributed by atoms with van der Waals surface area (Å²) >= 11 is 0. The molecule has 0 heterocycles. The van der Waals surface area contributed by atoms with E-state index >= 15 is 0 Å². The Balaban J connectivity index is 0. The molecule has 0 aromatic carbocycles. The molecular formula is C3H3NOSi. The van der Waals surface area contributed by atoms with Gasteiger partial charge in [-0.25, -0.2) is 0 Å². The minimum Gasteiger partial charge on any atom is -0.266 e. The molecule has 0 aliphatic carbocycles. The van der Waals surface area contributed by atoms with Crippen LogP contribution in [0, 0.1) is 0 Å². The van der Waals surface area contributed by atoms with Crippen molar-refractivity contribution in [3.8, 4) is 0 Å². The lowest BCUT2D eigenvalue weighted by molar-refractivity contribution is -0.114. The van der Waals surface area contributed by atoms with Crippen LogP contribution in [-0.2, 0) is 4.79 Å². The molecule has 0 aliphatic rings. The molecular weight excluding hydrogens is 94.1 g/mol. The second-order valence-corrected chi connectivity index (χ2v) is 0.542. The summed E-state index contributed by atoms with van der Waals surface area (Å²) in [7, 11) is 0. The predicted octanol–water partition coefficient (Wildman–Crippen LogP) is -0.613. The maximum atomic E-state index is 9.25. The van der Waals surface area contributed by atoms with E-state index in [0.29, 0.717) is 0 Å². The van der Waals surface area contributed by atoms with Crippen LogP contribution < -0.4 is 5.73 Å². The minimum absolute atomic E-state index is 0. The van der Waals surface area contributed by atoms with E-state index in [-0.39, 0.29) is 11.0 Å². The molecule has 1 amide bonds.